The second-order valence-corrected chi connectivity index (χ2v) is 9.63. The molecule has 3 aromatic rings. The third-order valence-electron chi connectivity index (χ3n) is 6.32. The first-order chi connectivity index (χ1) is 21.5. The molecule has 6 nitrogen and oxygen atoms in total. The normalized spacial score (nSPS) is 9.84. The lowest BCUT2D eigenvalue weighted by Gasteiger charge is -2.06. The van der Waals surface area contributed by atoms with Crippen LogP contribution in [0.25, 0.3) is 0 Å². The van der Waals surface area contributed by atoms with E-state index in [1.165, 1.54) is 0 Å². The van der Waals surface area contributed by atoms with Gasteiger partial charge in [0.2, 0.25) is 0 Å². The summed E-state index contributed by atoms with van der Waals surface area (Å²) >= 11 is 0. The zero-order chi connectivity index (χ0) is 31.4. The van der Waals surface area contributed by atoms with Crippen molar-refractivity contribution >= 4 is 11.9 Å². The molecule has 44 heavy (non-hydrogen) atoms. The van der Waals surface area contributed by atoms with Crippen molar-refractivity contribution in [2.45, 2.75) is 39.0 Å². The first-order valence-electron chi connectivity index (χ1n) is 14.7. The van der Waals surface area contributed by atoms with Gasteiger partial charge in [0.25, 0.3) is 0 Å². The van der Waals surface area contributed by atoms with E-state index in [9.17, 15) is 9.59 Å². The molecule has 0 aliphatic rings. The van der Waals surface area contributed by atoms with Crippen molar-refractivity contribution in [3.05, 3.63) is 120 Å². The van der Waals surface area contributed by atoms with E-state index >= 15 is 0 Å². The summed E-state index contributed by atoms with van der Waals surface area (Å²) < 4.78 is 21.4. The Bertz CT molecular complexity index is 1510. The molecule has 3 rings (SSSR count). The predicted molar refractivity (Wildman–Crippen MR) is 172 cm³/mol. The predicted octanol–water partition coefficient (Wildman–Crippen LogP) is 6.83. The van der Waals surface area contributed by atoms with Crippen LogP contribution in [0.3, 0.4) is 0 Å². The Morgan fingerprint density at radius 1 is 0.614 bits per heavy atom. The van der Waals surface area contributed by atoms with Crippen LogP contribution in [0.2, 0.25) is 0 Å². The van der Waals surface area contributed by atoms with E-state index in [1.807, 2.05) is 60.7 Å². The summed E-state index contributed by atoms with van der Waals surface area (Å²) in [6.07, 6.45) is 6.21. The number of unbranched alkanes of at least 4 members (excludes halogenated alkanes) is 2. The van der Waals surface area contributed by atoms with Gasteiger partial charge in [-0.1, -0.05) is 43.8 Å². The molecule has 0 heterocycles. The number of aryl methyl sites for hydroxylation is 1. The minimum Gasteiger partial charge on any atom is -0.494 e. The summed E-state index contributed by atoms with van der Waals surface area (Å²) in [6, 6.07) is 21.5. The fourth-order valence-corrected chi connectivity index (χ4v) is 3.89. The Labute approximate surface area is 260 Å². The van der Waals surface area contributed by atoms with Crippen LogP contribution in [0.15, 0.2) is 92.0 Å². The molecule has 6 heteroatoms. The highest BCUT2D eigenvalue weighted by atomic mass is 16.5. The van der Waals surface area contributed by atoms with Crippen molar-refractivity contribution < 1.29 is 28.5 Å². The van der Waals surface area contributed by atoms with Crippen molar-refractivity contribution in [2.75, 3.05) is 26.4 Å². The monoisotopic (exact) mass is 590 g/mol. The molecule has 0 amide bonds. The van der Waals surface area contributed by atoms with Crippen LogP contribution in [0.5, 0.6) is 11.5 Å². The van der Waals surface area contributed by atoms with Crippen molar-refractivity contribution in [3.63, 3.8) is 0 Å². The Hall–Kier alpha value is -5.20. The zero-order valence-corrected chi connectivity index (χ0v) is 25.2. The maximum atomic E-state index is 11.0. The number of carbonyl (C=O) groups is 2. The minimum atomic E-state index is -0.403. The van der Waals surface area contributed by atoms with Crippen LogP contribution in [-0.4, -0.2) is 38.4 Å². The number of hydrogen-bond acceptors (Lipinski definition) is 6. The lowest BCUT2D eigenvalue weighted by Crippen LogP contribution is -2.04. The maximum Gasteiger partial charge on any atom is 0.330 e. The zero-order valence-electron chi connectivity index (χ0n) is 25.2. The number of carbonyl (C=O) groups excluding carboxylic acids is 2. The van der Waals surface area contributed by atoms with Gasteiger partial charge in [0.05, 0.1) is 26.4 Å². The third-order valence-corrected chi connectivity index (χ3v) is 6.32. The van der Waals surface area contributed by atoms with Crippen LogP contribution in [0.1, 0.15) is 60.4 Å². The third kappa shape index (κ3) is 12.3. The summed E-state index contributed by atoms with van der Waals surface area (Å²) in [5, 5.41) is 0. The number of hydrogen-bond donors (Lipinski definition) is 0. The van der Waals surface area contributed by atoms with Gasteiger partial charge >= 0.3 is 11.9 Å². The highest BCUT2D eigenvalue weighted by Gasteiger charge is 2.01. The van der Waals surface area contributed by atoms with Gasteiger partial charge in [-0.05, 0) is 104 Å². The summed E-state index contributed by atoms with van der Waals surface area (Å²) in [5.74, 6) is 13.8. The lowest BCUT2D eigenvalue weighted by atomic mass is 10.0. The lowest BCUT2D eigenvalue weighted by molar-refractivity contribution is -0.138. The number of benzene rings is 3. The Morgan fingerprint density at radius 2 is 1.05 bits per heavy atom. The van der Waals surface area contributed by atoms with Gasteiger partial charge in [-0.3, -0.25) is 0 Å². The molecule has 0 atom stereocenters. The molecule has 0 N–H and O–H groups in total. The molecule has 0 radical (unpaired) electrons. The number of esters is 2. The molecular formula is C38H38O6. The van der Waals surface area contributed by atoms with Crippen LogP contribution >= 0.6 is 0 Å². The largest absolute Gasteiger partial charge is 0.494 e. The average Bonchev–Trinajstić information content (AvgIpc) is 3.06. The van der Waals surface area contributed by atoms with E-state index in [0.29, 0.717) is 26.4 Å². The molecule has 0 fully saturated rings. The van der Waals surface area contributed by atoms with E-state index in [1.54, 1.807) is 0 Å². The van der Waals surface area contributed by atoms with Gasteiger partial charge in [-0.25, -0.2) is 9.59 Å². The summed E-state index contributed by atoms with van der Waals surface area (Å²) in [6.45, 7) is 10.7. The van der Waals surface area contributed by atoms with E-state index in [2.05, 4.69) is 49.8 Å². The van der Waals surface area contributed by atoms with Gasteiger partial charge in [0.15, 0.2) is 0 Å². The smallest absolute Gasteiger partial charge is 0.330 e. The van der Waals surface area contributed by atoms with Crippen molar-refractivity contribution in [2.24, 2.45) is 0 Å². The van der Waals surface area contributed by atoms with Gasteiger partial charge in [0.1, 0.15) is 11.5 Å². The SMILES string of the molecule is C=CC(=O)OCCCCOc1ccc(C#Cc2ccc(C#Cc3ccc(OCCCCOC(=O)C=C)cc3)c(CC)c2)cc1. The van der Waals surface area contributed by atoms with Crippen LogP contribution < -0.4 is 9.47 Å². The Balaban J connectivity index is 1.47. The van der Waals surface area contributed by atoms with Crippen LogP contribution in [0, 0.1) is 23.7 Å². The molecule has 226 valence electrons. The topological polar surface area (TPSA) is 71.1 Å². The second kappa shape index (κ2) is 19.1. The van der Waals surface area contributed by atoms with E-state index in [-0.39, 0.29) is 0 Å². The quantitative estimate of drug-likeness (QED) is 0.0837. The van der Waals surface area contributed by atoms with E-state index < -0.39 is 11.9 Å². The molecule has 0 saturated heterocycles. The van der Waals surface area contributed by atoms with Crippen LogP contribution in [-0.2, 0) is 25.5 Å². The summed E-state index contributed by atoms with van der Waals surface area (Å²) in [4.78, 5) is 22.1. The van der Waals surface area contributed by atoms with Gasteiger partial charge in [-0.2, -0.15) is 0 Å². The van der Waals surface area contributed by atoms with E-state index in [0.717, 1.165) is 83.6 Å². The Kier molecular flexibility index (Phi) is 14.4. The molecular weight excluding hydrogens is 552 g/mol. The highest BCUT2D eigenvalue weighted by Crippen LogP contribution is 2.16. The highest BCUT2D eigenvalue weighted by molar-refractivity contribution is 5.81. The molecule has 0 spiro atoms. The standard InChI is InChI=1S/C38H38O6/c1-4-33-29-32(12-11-30-15-21-35(22-16-30)41-25-7-9-27-43-37(39)5-2)14-20-34(33)19-13-31-17-23-36(24-18-31)42-26-8-10-28-44-38(40)6-3/h5-6,14-18,20-24,29H,2-4,7-10,25-28H2,1H3. The maximum absolute atomic E-state index is 11.0. The summed E-state index contributed by atoms with van der Waals surface area (Å²) in [5.41, 5.74) is 4.87. The molecule has 0 bridgehead atoms. The first kappa shape index (κ1) is 33.3. The van der Waals surface area contributed by atoms with Crippen molar-refractivity contribution in [1.82, 2.24) is 0 Å². The van der Waals surface area contributed by atoms with E-state index in [4.69, 9.17) is 18.9 Å². The fourth-order valence-electron chi connectivity index (χ4n) is 3.89. The minimum absolute atomic E-state index is 0.363. The van der Waals surface area contributed by atoms with Crippen molar-refractivity contribution in [3.8, 4) is 35.2 Å². The molecule has 3 aromatic carbocycles. The van der Waals surface area contributed by atoms with Crippen molar-refractivity contribution in [1.29, 1.82) is 0 Å². The Morgan fingerprint density at radius 3 is 1.52 bits per heavy atom. The molecule has 0 unspecified atom stereocenters. The fraction of sp³-hybridized carbons (Fsp3) is 0.263. The van der Waals surface area contributed by atoms with Gasteiger partial charge < -0.3 is 18.9 Å². The summed E-state index contributed by atoms with van der Waals surface area (Å²) in [7, 11) is 0. The molecule has 0 saturated carbocycles. The number of rotatable bonds is 15. The molecule has 0 aliphatic heterocycles. The first-order valence-corrected chi connectivity index (χ1v) is 14.7. The molecule has 0 aliphatic carbocycles. The van der Waals surface area contributed by atoms with Gasteiger partial charge in [0, 0.05) is 34.4 Å². The molecule has 0 aromatic heterocycles. The average molecular weight is 591 g/mol. The second-order valence-electron chi connectivity index (χ2n) is 9.63. The number of ether oxygens (including phenoxy) is 4. The van der Waals surface area contributed by atoms with Crippen LogP contribution in [0.4, 0.5) is 0 Å². The van der Waals surface area contributed by atoms with Gasteiger partial charge in [-0.15, -0.1) is 0 Å².